The van der Waals surface area contributed by atoms with Crippen molar-refractivity contribution >= 4 is 5.97 Å². The second kappa shape index (κ2) is 4.56. The van der Waals surface area contributed by atoms with Gasteiger partial charge in [-0.25, -0.2) is 4.39 Å². The fourth-order valence-electron chi connectivity index (χ4n) is 1.87. The van der Waals surface area contributed by atoms with Gasteiger partial charge in [-0.1, -0.05) is 0 Å². The van der Waals surface area contributed by atoms with Crippen molar-refractivity contribution in [2.75, 3.05) is 0 Å². The van der Waals surface area contributed by atoms with Gasteiger partial charge in [-0.15, -0.1) is 0 Å². The number of carboxylic acids is 1. The average molecular weight is 189 g/mol. The van der Waals surface area contributed by atoms with Crippen molar-refractivity contribution < 1.29 is 14.3 Å². The fourth-order valence-corrected chi connectivity index (χ4v) is 1.87. The maximum atomic E-state index is 12.7. The summed E-state index contributed by atoms with van der Waals surface area (Å²) in [5.41, 5.74) is 5.69. The van der Waals surface area contributed by atoms with Crippen molar-refractivity contribution in [3.8, 4) is 0 Å². The SMILES string of the molecule is NC(CC(=O)O)C1CCC(F)CC1. The molecule has 0 saturated heterocycles. The summed E-state index contributed by atoms with van der Waals surface area (Å²) in [7, 11) is 0. The van der Waals surface area contributed by atoms with E-state index in [1.54, 1.807) is 0 Å². The van der Waals surface area contributed by atoms with Gasteiger partial charge in [0.2, 0.25) is 0 Å². The first kappa shape index (κ1) is 10.4. The number of carbonyl (C=O) groups is 1. The highest BCUT2D eigenvalue weighted by atomic mass is 19.1. The predicted molar refractivity (Wildman–Crippen MR) is 47.1 cm³/mol. The minimum atomic E-state index is -0.866. The molecule has 3 nitrogen and oxygen atoms in total. The minimum Gasteiger partial charge on any atom is -0.481 e. The average Bonchev–Trinajstić information content (AvgIpc) is 2.04. The molecule has 1 rings (SSSR count). The molecule has 0 aliphatic heterocycles. The molecule has 0 aromatic heterocycles. The smallest absolute Gasteiger partial charge is 0.304 e. The van der Waals surface area contributed by atoms with E-state index in [-0.39, 0.29) is 18.4 Å². The van der Waals surface area contributed by atoms with E-state index in [1.165, 1.54) is 0 Å². The van der Waals surface area contributed by atoms with E-state index in [9.17, 15) is 9.18 Å². The number of hydrogen-bond donors (Lipinski definition) is 2. The van der Waals surface area contributed by atoms with Gasteiger partial charge < -0.3 is 10.8 Å². The second-order valence-electron chi connectivity index (χ2n) is 3.77. The standard InChI is InChI=1S/C9H16FNO2/c10-7-3-1-6(2-4-7)8(11)5-9(12)13/h6-8H,1-5,11H2,(H,12,13). The highest BCUT2D eigenvalue weighted by Gasteiger charge is 2.26. The maximum Gasteiger partial charge on any atom is 0.304 e. The van der Waals surface area contributed by atoms with Gasteiger partial charge in [0.15, 0.2) is 0 Å². The first-order valence-corrected chi connectivity index (χ1v) is 4.71. The number of nitrogens with two attached hydrogens (primary N) is 1. The van der Waals surface area contributed by atoms with Crippen molar-refractivity contribution in [3.63, 3.8) is 0 Å². The number of hydrogen-bond acceptors (Lipinski definition) is 2. The number of rotatable bonds is 3. The van der Waals surface area contributed by atoms with Crippen LogP contribution in [0.4, 0.5) is 4.39 Å². The van der Waals surface area contributed by atoms with Gasteiger partial charge in [-0.2, -0.15) is 0 Å². The van der Waals surface area contributed by atoms with E-state index in [0.717, 1.165) is 12.8 Å². The summed E-state index contributed by atoms with van der Waals surface area (Å²) in [6.07, 6.45) is 1.84. The van der Waals surface area contributed by atoms with Crippen LogP contribution in [-0.2, 0) is 4.79 Å². The van der Waals surface area contributed by atoms with Crippen molar-refractivity contribution in [1.82, 2.24) is 0 Å². The largest absolute Gasteiger partial charge is 0.481 e. The molecule has 0 aromatic rings. The molecule has 4 heteroatoms. The molecule has 0 radical (unpaired) electrons. The van der Waals surface area contributed by atoms with Crippen LogP contribution in [0.1, 0.15) is 32.1 Å². The van der Waals surface area contributed by atoms with E-state index in [2.05, 4.69) is 0 Å². The zero-order valence-corrected chi connectivity index (χ0v) is 7.58. The molecule has 1 unspecified atom stereocenters. The summed E-state index contributed by atoms with van der Waals surface area (Å²) in [4.78, 5) is 10.4. The number of aliphatic carboxylic acids is 1. The van der Waals surface area contributed by atoms with Gasteiger partial charge in [0.1, 0.15) is 6.17 Å². The first-order chi connectivity index (χ1) is 6.09. The quantitative estimate of drug-likeness (QED) is 0.703. The molecule has 1 fully saturated rings. The van der Waals surface area contributed by atoms with Gasteiger partial charge in [-0.05, 0) is 31.6 Å². The molecular formula is C9H16FNO2. The van der Waals surface area contributed by atoms with Crippen molar-refractivity contribution in [2.24, 2.45) is 11.7 Å². The topological polar surface area (TPSA) is 63.3 Å². The lowest BCUT2D eigenvalue weighted by molar-refractivity contribution is -0.137. The third-order valence-electron chi connectivity index (χ3n) is 2.72. The van der Waals surface area contributed by atoms with Crippen LogP contribution in [0.5, 0.6) is 0 Å². The van der Waals surface area contributed by atoms with Crippen LogP contribution in [0.25, 0.3) is 0 Å². The summed E-state index contributed by atoms with van der Waals surface area (Å²) in [6, 6.07) is -0.301. The Kier molecular flexibility index (Phi) is 3.66. The highest BCUT2D eigenvalue weighted by Crippen LogP contribution is 2.28. The molecule has 0 spiro atoms. The summed E-state index contributed by atoms with van der Waals surface area (Å²) in [6.45, 7) is 0. The summed E-state index contributed by atoms with van der Waals surface area (Å²) < 4.78 is 12.7. The lowest BCUT2D eigenvalue weighted by atomic mass is 9.82. The molecule has 0 bridgehead atoms. The number of halogens is 1. The Morgan fingerprint density at radius 2 is 2.00 bits per heavy atom. The maximum absolute atomic E-state index is 12.7. The Labute approximate surface area is 77.1 Å². The van der Waals surface area contributed by atoms with E-state index in [1.807, 2.05) is 0 Å². The molecular weight excluding hydrogens is 173 g/mol. The predicted octanol–water partition coefficient (Wildman–Crippen LogP) is 1.32. The van der Waals surface area contributed by atoms with Crippen LogP contribution in [0.2, 0.25) is 0 Å². The van der Waals surface area contributed by atoms with E-state index >= 15 is 0 Å². The van der Waals surface area contributed by atoms with Gasteiger partial charge in [0.05, 0.1) is 6.42 Å². The molecule has 1 aliphatic carbocycles. The minimum absolute atomic E-state index is 0.00161. The molecule has 1 atom stereocenters. The lowest BCUT2D eigenvalue weighted by Crippen LogP contribution is -2.35. The summed E-state index contributed by atoms with van der Waals surface area (Å²) in [5, 5.41) is 8.51. The monoisotopic (exact) mass is 189 g/mol. The Hall–Kier alpha value is -0.640. The Balaban J connectivity index is 2.31. The second-order valence-corrected chi connectivity index (χ2v) is 3.77. The first-order valence-electron chi connectivity index (χ1n) is 4.71. The van der Waals surface area contributed by atoms with E-state index < -0.39 is 12.1 Å². The van der Waals surface area contributed by atoms with E-state index in [0.29, 0.717) is 12.8 Å². The molecule has 13 heavy (non-hydrogen) atoms. The Bertz CT molecular complexity index is 178. The van der Waals surface area contributed by atoms with Crippen molar-refractivity contribution in [2.45, 2.75) is 44.3 Å². The Morgan fingerprint density at radius 3 is 2.46 bits per heavy atom. The van der Waals surface area contributed by atoms with Crippen LogP contribution < -0.4 is 5.73 Å². The highest BCUT2D eigenvalue weighted by molar-refractivity contribution is 5.67. The van der Waals surface area contributed by atoms with Gasteiger partial charge >= 0.3 is 5.97 Å². The van der Waals surface area contributed by atoms with Crippen molar-refractivity contribution in [3.05, 3.63) is 0 Å². The van der Waals surface area contributed by atoms with Crippen LogP contribution in [0.3, 0.4) is 0 Å². The molecule has 1 saturated carbocycles. The molecule has 0 heterocycles. The van der Waals surface area contributed by atoms with Crippen LogP contribution in [0, 0.1) is 5.92 Å². The third kappa shape index (κ3) is 3.30. The molecule has 1 aliphatic rings. The molecule has 0 aromatic carbocycles. The van der Waals surface area contributed by atoms with Crippen LogP contribution in [-0.4, -0.2) is 23.3 Å². The van der Waals surface area contributed by atoms with E-state index in [4.69, 9.17) is 10.8 Å². The number of alkyl halides is 1. The van der Waals surface area contributed by atoms with Gasteiger partial charge in [-0.3, -0.25) is 4.79 Å². The number of carboxylic acid groups (broad SMARTS) is 1. The fraction of sp³-hybridized carbons (Fsp3) is 0.889. The third-order valence-corrected chi connectivity index (χ3v) is 2.72. The Morgan fingerprint density at radius 1 is 1.46 bits per heavy atom. The van der Waals surface area contributed by atoms with Crippen LogP contribution in [0.15, 0.2) is 0 Å². The summed E-state index contributed by atoms with van der Waals surface area (Å²) in [5.74, 6) is -0.669. The molecule has 3 N–H and O–H groups in total. The molecule has 76 valence electrons. The van der Waals surface area contributed by atoms with Gasteiger partial charge in [0.25, 0.3) is 0 Å². The van der Waals surface area contributed by atoms with Crippen molar-refractivity contribution in [1.29, 1.82) is 0 Å². The lowest BCUT2D eigenvalue weighted by Gasteiger charge is -2.28. The summed E-state index contributed by atoms with van der Waals surface area (Å²) >= 11 is 0. The normalized spacial score (nSPS) is 31.2. The zero-order valence-electron chi connectivity index (χ0n) is 7.58. The van der Waals surface area contributed by atoms with Gasteiger partial charge in [0, 0.05) is 6.04 Å². The molecule has 0 amide bonds. The zero-order chi connectivity index (χ0) is 9.84. The van der Waals surface area contributed by atoms with Crippen LogP contribution >= 0.6 is 0 Å².